The molecule has 0 spiro atoms. The van der Waals surface area contributed by atoms with Gasteiger partial charge in [0, 0.05) is 11.6 Å². The molecular weight excluding hydrogens is 260 g/mol. The smallest absolute Gasteiger partial charge is 0.164 e. The van der Waals surface area contributed by atoms with Crippen molar-refractivity contribution in [2.24, 2.45) is 0 Å². The van der Waals surface area contributed by atoms with E-state index in [2.05, 4.69) is 0 Å². The van der Waals surface area contributed by atoms with Crippen LogP contribution in [0.15, 0.2) is 36.4 Å². The minimum absolute atomic E-state index is 0.00756. The molecule has 0 saturated heterocycles. The molecule has 0 aromatic heterocycles. The molecule has 0 fully saturated rings. The molecule has 0 heterocycles. The van der Waals surface area contributed by atoms with E-state index < -0.39 is 0 Å². The molecule has 0 aliphatic heterocycles. The fourth-order valence-electron chi connectivity index (χ4n) is 1.71. The van der Waals surface area contributed by atoms with Gasteiger partial charge in [-0.05, 0) is 30.3 Å². The Morgan fingerprint density at radius 3 is 2.10 bits per heavy atom. The lowest BCUT2D eigenvalue weighted by Crippen LogP contribution is -1.97. The fourth-order valence-corrected chi connectivity index (χ4v) is 1.71. The molecule has 0 saturated carbocycles. The predicted octanol–water partition coefficient (Wildman–Crippen LogP) is 2.69. The van der Waals surface area contributed by atoms with Crippen LogP contribution in [0, 0.1) is 0 Å². The molecule has 5 nitrogen and oxygen atoms in total. The summed E-state index contributed by atoms with van der Waals surface area (Å²) in [6.07, 6.45) is 0. The highest BCUT2D eigenvalue weighted by atomic mass is 16.5. The van der Waals surface area contributed by atoms with E-state index in [4.69, 9.17) is 14.2 Å². The Morgan fingerprint density at radius 2 is 1.50 bits per heavy atom. The van der Waals surface area contributed by atoms with E-state index >= 15 is 0 Å². The summed E-state index contributed by atoms with van der Waals surface area (Å²) in [5.74, 6) is 1.56. The van der Waals surface area contributed by atoms with Gasteiger partial charge in [0.1, 0.15) is 23.9 Å². The topological polar surface area (TPSA) is 68.2 Å². The molecule has 2 aromatic carbocycles. The first-order valence-corrected chi connectivity index (χ1v) is 5.99. The Labute approximate surface area is 117 Å². The summed E-state index contributed by atoms with van der Waals surface area (Å²) in [5, 5.41) is 19.5. The van der Waals surface area contributed by atoms with E-state index in [1.54, 1.807) is 31.4 Å². The minimum Gasteiger partial charge on any atom is -0.507 e. The first kappa shape index (κ1) is 13.9. The second-order valence-corrected chi connectivity index (χ2v) is 4.12. The fraction of sp³-hybridized carbons (Fsp3) is 0.200. The summed E-state index contributed by atoms with van der Waals surface area (Å²) in [4.78, 5) is 0. The quantitative estimate of drug-likeness (QED) is 0.822. The molecule has 2 aromatic rings. The molecule has 0 amide bonds. The SMILES string of the molecule is COc1ccc(OCc2cc(O)c(OC)cc2O)cc1. The van der Waals surface area contributed by atoms with Crippen molar-refractivity contribution in [1.82, 2.24) is 0 Å². The normalized spacial score (nSPS) is 10.1. The molecule has 0 aliphatic carbocycles. The zero-order chi connectivity index (χ0) is 14.5. The van der Waals surface area contributed by atoms with Gasteiger partial charge in [-0.25, -0.2) is 0 Å². The summed E-state index contributed by atoms with van der Waals surface area (Å²) in [6, 6.07) is 9.85. The van der Waals surface area contributed by atoms with Crippen LogP contribution in [0.4, 0.5) is 0 Å². The van der Waals surface area contributed by atoms with Gasteiger partial charge in [0.25, 0.3) is 0 Å². The average Bonchev–Trinajstić information content (AvgIpc) is 2.48. The third kappa shape index (κ3) is 3.06. The summed E-state index contributed by atoms with van der Waals surface area (Å²) in [6.45, 7) is 0.135. The highest BCUT2D eigenvalue weighted by Crippen LogP contribution is 2.33. The van der Waals surface area contributed by atoms with Gasteiger partial charge < -0.3 is 24.4 Å². The van der Waals surface area contributed by atoms with Crippen molar-refractivity contribution >= 4 is 0 Å². The van der Waals surface area contributed by atoms with Gasteiger partial charge in [-0.1, -0.05) is 0 Å². The van der Waals surface area contributed by atoms with Gasteiger partial charge >= 0.3 is 0 Å². The van der Waals surface area contributed by atoms with Crippen LogP contribution in [-0.2, 0) is 6.61 Å². The first-order chi connectivity index (χ1) is 9.63. The number of ether oxygens (including phenoxy) is 3. The predicted molar refractivity (Wildman–Crippen MR) is 73.6 cm³/mol. The number of hydrogen-bond donors (Lipinski definition) is 2. The van der Waals surface area contributed by atoms with Crippen LogP contribution in [0.25, 0.3) is 0 Å². The monoisotopic (exact) mass is 276 g/mol. The lowest BCUT2D eigenvalue weighted by atomic mass is 10.2. The second-order valence-electron chi connectivity index (χ2n) is 4.12. The van der Waals surface area contributed by atoms with Crippen molar-refractivity contribution in [3.05, 3.63) is 42.0 Å². The second kappa shape index (κ2) is 6.06. The molecular formula is C15H16O5. The Bertz CT molecular complexity index is 578. The van der Waals surface area contributed by atoms with Crippen LogP contribution in [0.3, 0.4) is 0 Å². The van der Waals surface area contributed by atoms with Gasteiger partial charge in [-0.15, -0.1) is 0 Å². The van der Waals surface area contributed by atoms with Crippen LogP contribution in [0.5, 0.6) is 28.7 Å². The zero-order valence-electron chi connectivity index (χ0n) is 11.3. The lowest BCUT2D eigenvalue weighted by molar-refractivity contribution is 0.296. The number of benzene rings is 2. The summed E-state index contributed by atoms with van der Waals surface area (Å²) < 4.78 is 15.5. The van der Waals surface area contributed by atoms with Crippen molar-refractivity contribution in [2.75, 3.05) is 14.2 Å². The summed E-state index contributed by atoms with van der Waals surface area (Å²) >= 11 is 0. The van der Waals surface area contributed by atoms with Crippen molar-refractivity contribution in [1.29, 1.82) is 0 Å². The molecule has 106 valence electrons. The third-order valence-corrected chi connectivity index (χ3v) is 2.83. The number of phenols is 2. The summed E-state index contributed by atoms with van der Waals surface area (Å²) in [7, 11) is 3.01. The largest absolute Gasteiger partial charge is 0.507 e. The zero-order valence-corrected chi connectivity index (χ0v) is 11.3. The summed E-state index contributed by atoms with van der Waals surface area (Å²) in [5.41, 5.74) is 0.471. The third-order valence-electron chi connectivity index (χ3n) is 2.83. The number of methoxy groups -OCH3 is 2. The Kier molecular flexibility index (Phi) is 4.20. The molecule has 5 heteroatoms. The van der Waals surface area contributed by atoms with Crippen LogP contribution < -0.4 is 14.2 Å². The van der Waals surface area contributed by atoms with Gasteiger partial charge in [-0.2, -0.15) is 0 Å². The van der Waals surface area contributed by atoms with E-state index in [1.165, 1.54) is 19.2 Å². The van der Waals surface area contributed by atoms with E-state index in [1.807, 2.05) is 0 Å². The van der Waals surface area contributed by atoms with Crippen molar-refractivity contribution in [3.8, 4) is 28.7 Å². The molecule has 20 heavy (non-hydrogen) atoms. The van der Waals surface area contributed by atoms with Gasteiger partial charge in [0.15, 0.2) is 11.5 Å². The van der Waals surface area contributed by atoms with Crippen molar-refractivity contribution < 1.29 is 24.4 Å². The maximum atomic E-state index is 9.82. The maximum Gasteiger partial charge on any atom is 0.164 e. The molecule has 0 bridgehead atoms. The number of phenolic OH excluding ortho intramolecular Hbond substituents is 2. The Hall–Kier alpha value is -2.56. The van der Waals surface area contributed by atoms with Crippen molar-refractivity contribution in [3.63, 3.8) is 0 Å². The van der Waals surface area contributed by atoms with Crippen molar-refractivity contribution in [2.45, 2.75) is 6.61 Å². The number of rotatable bonds is 5. The van der Waals surface area contributed by atoms with E-state index in [0.717, 1.165) is 5.75 Å². The molecule has 0 unspecified atom stereocenters. The first-order valence-electron chi connectivity index (χ1n) is 5.99. The van der Waals surface area contributed by atoms with Crippen LogP contribution >= 0.6 is 0 Å². The Balaban J connectivity index is 2.08. The van der Waals surface area contributed by atoms with Crippen LogP contribution in [0.1, 0.15) is 5.56 Å². The minimum atomic E-state index is -0.0429. The standard InChI is InChI=1S/C15H16O5/c1-18-11-3-5-12(6-4-11)20-9-10-7-14(17)15(19-2)8-13(10)16/h3-8,16-17H,9H2,1-2H3. The van der Waals surface area contributed by atoms with E-state index in [9.17, 15) is 10.2 Å². The molecule has 2 N–H and O–H groups in total. The highest BCUT2D eigenvalue weighted by Gasteiger charge is 2.09. The highest BCUT2D eigenvalue weighted by molar-refractivity contribution is 5.49. The van der Waals surface area contributed by atoms with Gasteiger partial charge in [-0.3, -0.25) is 0 Å². The van der Waals surface area contributed by atoms with Crippen LogP contribution in [0.2, 0.25) is 0 Å². The van der Waals surface area contributed by atoms with Gasteiger partial charge in [0.05, 0.1) is 14.2 Å². The molecule has 2 rings (SSSR count). The molecule has 0 radical (unpaired) electrons. The van der Waals surface area contributed by atoms with Crippen LogP contribution in [-0.4, -0.2) is 24.4 Å². The molecule has 0 atom stereocenters. The van der Waals surface area contributed by atoms with Gasteiger partial charge in [0.2, 0.25) is 0 Å². The van der Waals surface area contributed by atoms with E-state index in [-0.39, 0.29) is 23.9 Å². The Morgan fingerprint density at radius 1 is 0.850 bits per heavy atom. The average molecular weight is 276 g/mol. The number of hydrogen-bond acceptors (Lipinski definition) is 5. The van der Waals surface area contributed by atoms with E-state index in [0.29, 0.717) is 11.3 Å². The lowest BCUT2D eigenvalue weighted by Gasteiger charge is -2.11. The maximum absolute atomic E-state index is 9.82. The molecule has 0 aliphatic rings. The number of aromatic hydroxyl groups is 2.